The first-order chi connectivity index (χ1) is 9.99. The summed E-state index contributed by atoms with van der Waals surface area (Å²) in [4.78, 5) is 5.75. The van der Waals surface area contributed by atoms with E-state index in [9.17, 15) is 13.2 Å². The van der Waals surface area contributed by atoms with Gasteiger partial charge in [-0.05, 0) is 37.8 Å². The molecule has 1 aliphatic heterocycles. The number of aromatic nitrogens is 1. The largest absolute Gasteiger partial charge is 0.433 e. The van der Waals surface area contributed by atoms with E-state index in [1.165, 1.54) is 6.07 Å². The number of pyridine rings is 1. The van der Waals surface area contributed by atoms with Crippen molar-refractivity contribution in [3.05, 3.63) is 23.9 Å². The Labute approximate surface area is 122 Å². The summed E-state index contributed by atoms with van der Waals surface area (Å²) in [5.41, 5.74) is -0.821. The Morgan fingerprint density at radius 2 is 2.10 bits per heavy atom. The molecule has 0 N–H and O–H groups in total. The molecule has 0 bridgehead atoms. The lowest BCUT2D eigenvalue weighted by molar-refractivity contribution is -0.141. The highest BCUT2D eigenvalue weighted by Crippen LogP contribution is 2.41. The lowest BCUT2D eigenvalue weighted by atomic mass is 9.99. The topological polar surface area (TPSA) is 25.4 Å². The molecule has 2 fully saturated rings. The Morgan fingerprint density at radius 1 is 1.29 bits per heavy atom. The molecule has 0 aromatic carbocycles. The zero-order valence-corrected chi connectivity index (χ0v) is 11.9. The first kappa shape index (κ1) is 14.6. The van der Waals surface area contributed by atoms with E-state index in [0.29, 0.717) is 24.3 Å². The van der Waals surface area contributed by atoms with Crippen molar-refractivity contribution < 1.29 is 17.9 Å². The minimum Gasteiger partial charge on any atom is -0.378 e. The van der Waals surface area contributed by atoms with E-state index in [2.05, 4.69) is 4.98 Å². The predicted molar refractivity (Wildman–Crippen MR) is 73.1 cm³/mol. The average Bonchev–Trinajstić information content (AvgIpc) is 3.00. The van der Waals surface area contributed by atoms with E-state index in [0.717, 1.165) is 32.0 Å². The summed E-state index contributed by atoms with van der Waals surface area (Å²) in [7, 11) is 0. The highest BCUT2D eigenvalue weighted by molar-refractivity contribution is 5.41. The van der Waals surface area contributed by atoms with Gasteiger partial charge in [-0.1, -0.05) is 6.07 Å². The Balaban J connectivity index is 1.75. The van der Waals surface area contributed by atoms with Crippen LogP contribution in [0.4, 0.5) is 19.0 Å². The van der Waals surface area contributed by atoms with Crippen LogP contribution in [0.25, 0.3) is 0 Å². The van der Waals surface area contributed by atoms with Crippen molar-refractivity contribution in [3.63, 3.8) is 0 Å². The van der Waals surface area contributed by atoms with Crippen molar-refractivity contribution >= 4 is 5.82 Å². The van der Waals surface area contributed by atoms with Crippen LogP contribution < -0.4 is 4.90 Å². The number of hydrogen-bond donors (Lipinski definition) is 0. The molecule has 1 aromatic heterocycles. The van der Waals surface area contributed by atoms with E-state index < -0.39 is 11.9 Å². The molecule has 1 aliphatic carbocycles. The average molecular weight is 300 g/mol. The van der Waals surface area contributed by atoms with Crippen LogP contribution in [-0.2, 0) is 10.9 Å². The van der Waals surface area contributed by atoms with E-state index >= 15 is 0 Å². The van der Waals surface area contributed by atoms with Crippen LogP contribution in [-0.4, -0.2) is 30.8 Å². The number of rotatable bonds is 3. The SMILES string of the molecule is CCO[C@H]1CC[C@@H]2CN(c3cccc(C(F)(F)F)n3)C[C@@H]21. The van der Waals surface area contributed by atoms with E-state index in [4.69, 9.17) is 4.74 Å². The standard InChI is InChI=1S/C15H19F3N2O/c1-2-21-12-7-6-10-8-20(9-11(10)12)14-5-3-4-13(19-14)15(16,17)18/h3-5,10-12H,2,6-9H2,1H3/t10-,11+,12+/m1/s1. The minimum absolute atomic E-state index is 0.246. The molecule has 0 unspecified atom stereocenters. The van der Waals surface area contributed by atoms with Crippen molar-refractivity contribution in [1.29, 1.82) is 0 Å². The van der Waals surface area contributed by atoms with Gasteiger partial charge in [0.1, 0.15) is 11.5 Å². The Hall–Kier alpha value is -1.30. The number of alkyl halides is 3. The minimum atomic E-state index is -4.39. The molecular weight excluding hydrogens is 281 g/mol. The van der Waals surface area contributed by atoms with Gasteiger partial charge in [0.05, 0.1) is 6.10 Å². The van der Waals surface area contributed by atoms with Crippen molar-refractivity contribution in [2.75, 3.05) is 24.6 Å². The molecule has 1 saturated heterocycles. The van der Waals surface area contributed by atoms with Crippen LogP contribution in [0.3, 0.4) is 0 Å². The van der Waals surface area contributed by atoms with Gasteiger partial charge in [-0.3, -0.25) is 0 Å². The quantitative estimate of drug-likeness (QED) is 0.856. The van der Waals surface area contributed by atoms with E-state index in [1.54, 1.807) is 6.07 Å². The molecule has 3 rings (SSSR count). The van der Waals surface area contributed by atoms with Crippen molar-refractivity contribution in [2.45, 2.75) is 32.0 Å². The predicted octanol–water partition coefficient (Wildman–Crippen LogP) is 3.35. The summed E-state index contributed by atoms with van der Waals surface area (Å²) in [5, 5.41) is 0. The molecule has 0 amide bonds. The van der Waals surface area contributed by atoms with E-state index in [-0.39, 0.29) is 6.10 Å². The normalized spacial score (nSPS) is 29.0. The summed E-state index contributed by atoms with van der Waals surface area (Å²) >= 11 is 0. The van der Waals surface area contributed by atoms with Crippen molar-refractivity contribution in [1.82, 2.24) is 4.98 Å². The molecular formula is C15H19F3N2O. The molecule has 1 aromatic rings. The second kappa shape index (κ2) is 5.48. The lowest BCUT2D eigenvalue weighted by Gasteiger charge is -2.22. The maximum atomic E-state index is 12.7. The van der Waals surface area contributed by atoms with Crippen LogP contribution in [0.2, 0.25) is 0 Å². The molecule has 2 heterocycles. The summed E-state index contributed by atoms with van der Waals surface area (Å²) in [6.07, 6.45) is -1.99. The van der Waals surface area contributed by atoms with Gasteiger partial charge in [-0.15, -0.1) is 0 Å². The molecule has 1 saturated carbocycles. The van der Waals surface area contributed by atoms with Crippen LogP contribution in [0.1, 0.15) is 25.5 Å². The van der Waals surface area contributed by atoms with Gasteiger partial charge < -0.3 is 9.64 Å². The van der Waals surface area contributed by atoms with Crippen LogP contribution in [0, 0.1) is 11.8 Å². The first-order valence-corrected chi connectivity index (χ1v) is 7.40. The number of fused-ring (bicyclic) bond motifs is 1. The second-order valence-corrected chi connectivity index (χ2v) is 5.78. The third-order valence-electron chi connectivity index (χ3n) is 4.52. The highest BCUT2D eigenvalue weighted by atomic mass is 19.4. The van der Waals surface area contributed by atoms with Gasteiger partial charge >= 0.3 is 6.18 Å². The molecule has 0 radical (unpaired) electrons. The Kier molecular flexibility index (Phi) is 3.82. The molecule has 0 spiro atoms. The van der Waals surface area contributed by atoms with Crippen molar-refractivity contribution in [2.24, 2.45) is 11.8 Å². The maximum absolute atomic E-state index is 12.7. The van der Waals surface area contributed by atoms with Gasteiger partial charge in [-0.2, -0.15) is 13.2 Å². The molecule has 2 aliphatic rings. The molecule has 21 heavy (non-hydrogen) atoms. The summed E-state index contributed by atoms with van der Waals surface area (Å²) in [5.74, 6) is 1.36. The lowest BCUT2D eigenvalue weighted by Crippen LogP contribution is -2.27. The Bertz CT molecular complexity index is 504. The fourth-order valence-electron chi connectivity index (χ4n) is 3.58. The smallest absolute Gasteiger partial charge is 0.378 e. The fourth-order valence-corrected chi connectivity index (χ4v) is 3.58. The highest BCUT2D eigenvalue weighted by Gasteiger charge is 2.43. The maximum Gasteiger partial charge on any atom is 0.433 e. The van der Waals surface area contributed by atoms with Crippen LogP contribution >= 0.6 is 0 Å². The van der Waals surface area contributed by atoms with Crippen molar-refractivity contribution in [3.8, 4) is 0 Å². The van der Waals surface area contributed by atoms with Gasteiger partial charge in [0.15, 0.2) is 0 Å². The Morgan fingerprint density at radius 3 is 2.81 bits per heavy atom. The number of ether oxygens (including phenoxy) is 1. The summed E-state index contributed by atoms with van der Waals surface area (Å²) in [6, 6.07) is 4.11. The molecule has 116 valence electrons. The number of hydrogen-bond acceptors (Lipinski definition) is 3. The zero-order valence-electron chi connectivity index (χ0n) is 11.9. The molecule has 6 heteroatoms. The third-order valence-corrected chi connectivity index (χ3v) is 4.52. The fraction of sp³-hybridized carbons (Fsp3) is 0.667. The van der Waals surface area contributed by atoms with E-state index in [1.807, 2.05) is 11.8 Å². The monoisotopic (exact) mass is 300 g/mol. The van der Waals surface area contributed by atoms with Crippen LogP contribution in [0.15, 0.2) is 18.2 Å². The van der Waals surface area contributed by atoms with Crippen LogP contribution in [0.5, 0.6) is 0 Å². The van der Waals surface area contributed by atoms with Gasteiger partial charge in [-0.25, -0.2) is 4.98 Å². The summed E-state index contributed by atoms with van der Waals surface area (Å²) < 4.78 is 44.0. The number of anilines is 1. The van der Waals surface area contributed by atoms with Gasteiger partial charge in [0, 0.05) is 25.6 Å². The molecule has 3 nitrogen and oxygen atoms in total. The zero-order chi connectivity index (χ0) is 15.0. The van der Waals surface area contributed by atoms with Gasteiger partial charge in [0.2, 0.25) is 0 Å². The number of nitrogens with zero attached hydrogens (tertiary/aromatic N) is 2. The number of halogens is 3. The first-order valence-electron chi connectivity index (χ1n) is 7.40. The molecule has 3 atom stereocenters. The third kappa shape index (κ3) is 2.86. The second-order valence-electron chi connectivity index (χ2n) is 5.78. The van der Waals surface area contributed by atoms with Gasteiger partial charge in [0.25, 0.3) is 0 Å². The summed E-state index contributed by atoms with van der Waals surface area (Å²) in [6.45, 7) is 4.19.